The molecule has 0 radical (unpaired) electrons. The van der Waals surface area contributed by atoms with E-state index in [0.717, 1.165) is 28.9 Å². The third-order valence-electron chi connectivity index (χ3n) is 4.33. The first kappa shape index (κ1) is 23.9. The molecule has 0 amide bonds. The van der Waals surface area contributed by atoms with Crippen LogP contribution in [0.4, 0.5) is 13.2 Å². The Morgan fingerprint density at radius 1 is 1.28 bits per heavy atom. The van der Waals surface area contributed by atoms with E-state index < -0.39 is 28.8 Å². The molecule has 0 aliphatic heterocycles. The van der Waals surface area contributed by atoms with Gasteiger partial charge in [-0.15, -0.1) is 16.9 Å². The van der Waals surface area contributed by atoms with Gasteiger partial charge < -0.3 is 9.15 Å². The lowest BCUT2D eigenvalue weighted by Gasteiger charge is -2.14. The first-order chi connectivity index (χ1) is 15.1. The summed E-state index contributed by atoms with van der Waals surface area (Å²) in [5, 5.41) is 6.59. The first-order valence-electron chi connectivity index (χ1n) is 9.08. The minimum Gasteiger partial charge on any atom is -0.424 e. The maximum Gasteiger partial charge on any atom is 0.437 e. The van der Waals surface area contributed by atoms with Crippen LogP contribution in [0.2, 0.25) is 5.02 Å². The Hall–Kier alpha value is -2.76. The normalized spacial score (nSPS) is 12.6. The van der Waals surface area contributed by atoms with Gasteiger partial charge in [0.25, 0.3) is 0 Å². The van der Waals surface area contributed by atoms with Crippen molar-refractivity contribution in [1.82, 2.24) is 15.1 Å². The van der Waals surface area contributed by atoms with Gasteiger partial charge in [-0.1, -0.05) is 11.6 Å². The van der Waals surface area contributed by atoms with Gasteiger partial charge in [0, 0.05) is 16.1 Å². The third kappa shape index (κ3) is 5.53. The van der Waals surface area contributed by atoms with Gasteiger partial charge in [-0.05, 0) is 55.8 Å². The Balaban J connectivity index is 1.87. The van der Waals surface area contributed by atoms with Gasteiger partial charge in [-0.2, -0.15) is 17.9 Å². The van der Waals surface area contributed by atoms with Crippen LogP contribution < -0.4 is 15.8 Å². The molecule has 32 heavy (non-hydrogen) atoms. The molecular formula is C20H17ClF3N3O4S. The van der Waals surface area contributed by atoms with Crippen LogP contribution in [0.1, 0.15) is 11.1 Å². The number of nitrogens with one attached hydrogen (secondary N) is 1. The number of carbonyl (C=O) groups is 1. The summed E-state index contributed by atoms with van der Waals surface area (Å²) < 4.78 is 49.7. The van der Waals surface area contributed by atoms with Crippen LogP contribution in [0.25, 0.3) is 11.5 Å². The zero-order valence-electron chi connectivity index (χ0n) is 16.8. The molecule has 1 unspecified atom stereocenters. The highest BCUT2D eigenvalue weighted by Crippen LogP contribution is 2.30. The van der Waals surface area contributed by atoms with Crippen LogP contribution in [0.15, 0.2) is 51.7 Å². The molecule has 0 bridgehead atoms. The summed E-state index contributed by atoms with van der Waals surface area (Å²) in [6.07, 6.45) is -2.75. The molecule has 1 aromatic heterocycles. The zero-order chi connectivity index (χ0) is 23.5. The number of alkyl halides is 3. The lowest BCUT2D eigenvalue weighted by molar-refractivity contribution is -0.137. The van der Waals surface area contributed by atoms with Crippen molar-refractivity contribution >= 4 is 29.3 Å². The second-order valence-corrected chi connectivity index (χ2v) is 7.86. The summed E-state index contributed by atoms with van der Waals surface area (Å²) in [6, 6.07) is 8.58. The number of esters is 1. The molecule has 3 aromatic rings. The average Bonchev–Trinajstić information content (AvgIpc) is 3.10. The highest BCUT2D eigenvalue weighted by molar-refractivity contribution is 7.99. The van der Waals surface area contributed by atoms with Crippen molar-refractivity contribution in [1.29, 1.82) is 0 Å². The minimum absolute atomic E-state index is 0.143. The number of likely N-dealkylation sites (N-methyl/N-ethyl adjacent to an activating group) is 1. The Morgan fingerprint density at radius 3 is 2.56 bits per heavy atom. The molecule has 0 aliphatic rings. The van der Waals surface area contributed by atoms with E-state index in [-0.39, 0.29) is 23.7 Å². The van der Waals surface area contributed by atoms with Gasteiger partial charge in [0.2, 0.25) is 5.89 Å². The fourth-order valence-electron chi connectivity index (χ4n) is 2.75. The smallest absolute Gasteiger partial charge is 0.424 e. The van der Waals surface area contributed by atoms with Gasteiger partial charge in [-0.3, -0.25) is 5.32 Å². The fraction of sp³-hybridized carbons (Fsp3) is 0.250. The maximum atomic E-state index is 12.7. The Kier molecular flexibility index (Phi) is 7.32. The summed E-state index contributed by atoms with van der Waals surface area (Å²) in [5.41, 5.74) is -0.252. The van der Waals surface area contributed by atoms with Crippen molar-refractivity contribution in [3.05, 3.63) is 69.2 Å². The van der Waals surface area contributed by atoms with E-state index in [0.29, 0.717) is 10.6 Å². The number of ether oxygens (including phenoxy) is 1. The summed E-state index contributed by atoms with van der Waals surface area (Å²) in [6.45, 7) is -0.143. The van der Waals surface area contributed by atoms with Crippen LogP contribution in [-0.2, 0) is 17.5 Å². The highest BCUT2D eigenvalue weighted by atomic mass is 35.5. The number of carbonyl (C=O) groups excluding carboxylic acids is 1. The Labute approximate surface area is 189 Å². The number of hydrogen-bond donors (Lipinski definition) is 1. The molecule has 0 saturated heterocycles. The largest absolute Gasteiger partial charge is 0.437 e. The number of halogens is 4. The van der Waals surface area contributed by atoms with Gasteiger partial charge in [0.05, 0.1) is 12.1 Å². The Bertz CT molecular complexity index is 1160. The van der Waals surface area contributed by atoms with Crippen LogP contribution >= 0.6 is 23.4 Å². The van der Waals surface area contributed by atoms with Gasteiger partial charge >= 0.3 is 17.9 Å². The van der Waals surface area contributed by atoms with E-state index in [9.17, 15) is 22.8 Å². The van der Waals surface area contributed by atoms with Gasteiger partial charge in [0.15, 0.2) is 5.37 Å². The molecule has 170 valence electrons. The Morgan fingerprint density at radius 2 is 1.97 bits per heavy atom. The number of benzene rings is 2. The molecular weight excluding hydrogens is 471 g/mol. The standard InChI is InChI=1S/C20H17ClF3N3O4S/c1-25-17(32-2)18(28)30-15-8-7-14(21)9-12(15)10-27-19(29)31-16(26-27)11-3-5-13(6-4-11)20(22,23)24/h3-9,17,25H,10H2,1-2H3. The van der Waals surface area contributed by atoms with E-state index in [1.54, 1.807) is 13.3 Å². The van der Waals surface area contributed by atoms with Crippen LogP contribution in [-0.4, -0.2) is 34.4 Å². The van der Waals surface area contributed by atoms with Crippen molar-refractivity contribution in [2.24, 2.45) is 0 Å². The van der Waals surface area contributed by atoms with Crippen LogP contribution in [0, 0.1) is 0 Å². The van der Waals surface area contributed by atoms with E-state index in [2.05, 4.69) is 10.4 Å². The molecule has 0 aliphatic carbocycles. The molecule has 2 aromatic carbocycles. The summed E-state index contributed by atoms with van der Waals surface area (Å²) in [4.78, 5) is 24.6. The molecule has 1 N–H and O–H groups in total. The topological polar surface area (TPSA) is 86.4 Å². The zero-order valence-corrected chi connectivity index (χ0v) is 18.3. The summed E-state index contributed by atoms with van der Waals surface area (Å²) >= 11 is 7.30. The lowest BCUT2D eigenvalue weighted by atomic mass is 10.1. The van der Waals surface area contributed by atoms with E-state index in [1.807, 2.05) is 0 Å². The van der Waals surface area contributed by atoms with E-state index in [1.165, 1.54) is 30.0 Å². The molecule has 0 saturated carbocycles. The second kappa shape index (κ2) is 9.80. The van der Waals surface area contributed by atoms with Crippen molar-refractivity contribution in [3.8, 4) is 17.2 Å². The first-order valence-corrected chi connectivity index (χ1v) is 10.7. The van der Waals surface area contributed by atoms with E-state index in [4.69, 9.17) is 20.8 Å². The lowest BCUT2D eigenvalue weighted by Crippen LogP contribution is -2.34. The average molecular weight is 488 g/mol. The van der Waals surface area contributed by atoms with E-state index >= 15 is 0 Å². The van der Waals surface area contributed by atoms with Crippen LogP contribution in [0.5, 0.6) is 5.75 Å². The monoisotopic (exact) mass is 487 g/mol. The molecule has 3 rings (SSSR count). The third-order valence-corrected chi connectivity index (χ3v) is 5.47. The number of hydrogen-bond acceptors (Lipinski definition) is 7. The second-order valence-electron chi connectivity index (χ2n) is 6.48. The van der Waals surface area contributed by atoms with Crippen LogP contribution in [0.3, 0.4) is 0 Å². The summed E-state index contributed by atoms with van der Waals surface area (Å²) in [5.74, 6) is -1.35. The van der Waals surface area contributed by atoms with Gasteiger partial charge in [-0.25, -0.2) is 9.59 Å². The maximum absolute atomic E-state index is 12.7. The SMILES string of the molecule is CNC(SC)C(=O)Oc1ccc(Cl)cc1Cn1nc(-c2ccc(C(F)(F)F)cc2)oc1=O. The van der Waals surface area contributed by atoms with Crippen molar-refractivity contribution in [2.45, 2.75) is 18.1 Å². The number of nitrogens with zero attached hydrogens (tertiary/aromatic N) is 2. The molecule has 0 spiro atoms. The predicted molar refractivity (Wildman–Crippen MR) is 114 cm³/mol. The fourth-order valence-corrected chi connectivity index (χ4v) is 3.42. The highest BCUT2D eigenvalue weighted by Gasteiger charge is 2.30. The quantitative estimate of drug-likeness (QED) is 0.306. The minimum atomic E-state index is -4.48. The number of rotatable bonds is 7. The molecule has 1 heterocycles. The summed E-state index contributed by atoms with van der Waals surface area (Å²) in [7, 11) is 1.61. The molecule has 1 atom stereocenters. The van der Waals surface area contributed by atoms with Crippen molar-refractivity contribution in [3.63, 3.8) is 0 Å². The molecule has 0 fully saturated rings. The van der Waals surface area contributed by atoms with Gasteiger partial charge in [0.1, 0.15) is 5.75 Å². The predicted octanol–water partition coefficient (Wildman–Crippen LogP) is 4.04. The number of aromatic nitrogens is 2. The number of thioether (sulfide) groups is 1. The van der Waals surface area contributed by atoms with Crippen molar-refractivity contribution in [2.75, 3.05) is 13.3 Å². The molecule has 7 nitrogen and oxygen atoms in total. The van der Waals surface area contributed by atoms with Crippen molar-refractivity contribution < 1.29 is 27.1 Å². The molecule has 12 heteroatoms.